The zero-order valence-corrected chi connectivity index (χ0v) is 12.8. The first kappa shape index (κ1) is 17.6. The summed E-state index contributed by atoms with van der Waals surface area (Å²) >= 11 is 0. The van der Waals surface area contributed by atoms with Crippen LogP contribution in [0.3, 0.4) is 0 Å². The molecule has 0 saturated heterocycles. The van der Waals surface area contributed by atoms with Gasteiger partial charge in [0.05, 0.1) is 18.6 Å². The number of rotatable bonds is 7. The van der Waals surface area contributed by atoms with E-state index in [2.05, 4.69) is 0 Å². The molecule has 0 aliphatic carbocycles. The summed E-state index contributed by atoms with van der Waals surface area (Å²) in [6.07, 6.45) is -2.26. The van der Waals surface area contributed by atoms with Crippen molar-refractivity contribution in [3.05, 3.63) is 35.9 Å². The topological polar surface area (TPSA) is 76.0 Å². The number of hydrogen-bond donors (Lipinski definition) is 2. The Morgan fingerprint density at radius 3 is 2.24 bits per heavy atom. The third-order valence-electron chi connectivity index (χ3n) is 2.84. The molecule has 118 valence electrons. The van der Waals surface area contributed by atoms with Gasteiger partial charge in [-0.2, -0.15) is 0 Å². The number of carbonyl (C=O) groups is 1. The Hall–Kier alpha value is -1.43. The summed E-state index contributed by atoms with van der Waals surface area (Å²) in [4.78, 5) is 11.5. The number of carbonyl (C=O) groups excluding carboxylic acids is 1. The second-order valence-corrected chi connectivity index (χ2v) is 5.98. The maximum atomic E-state index is 11.5. The monoisotopic (exact) mass is 296 g/mol. The molecule has 0 saturated carbocycles. The highest BCUT2D eigenvalue weighted by Gasteiger charge is 2.25. The van der Waals surface area contributed by atoms with Gasteiger partial charge in [-0.25, -0.2) is 0 Å². The molecule has 5 heteroatoms. The quantitative estimate of drug-likeness (QED) is 0.746. The third-order valence-corrected chi connectivity index (χ3v) is 2.84. The van der Waals surface area contributed by atoms with Crippen molar-refractivity contribution in [1.82, 2.24) is 0 Å². The fourth-order valence-corrected chi connectivity index (χ4v) is 1.47. The van der Waals surface area contributed by atoms with Gasteiger partial charge in [0.1, 0.15) is 18.8 Å². The number of hydrogen-bond acceptors (Lipinski definition) is 5. The zero-order valence-electron chi connectivity index (χ0n) is 12.8. The van der Waals surface area contributed by atoms with Crippen LogP contribution in [0.1, 0.15) is 26.3 Å². The summed E-state index contributed by atoms with van der Waals surface area (Å²) < 4.78 is 10.3. The molecule has 2 atom stereocenters. The number of aliphatic hydroxyl groups is 2. The minimum atomic E-state index is -1.16. The van der Waals surface area contributed by atoms with Gasteiger partial charge in [0.25, 0.3) is 0 Å². The number of esters is 1. The molecule has 0 amide bonds. The summed E-state index contributed by atoms with van der Waals surface area (Å²) in [6.45, 7) is 5.25. The Bertz CT molecular complexity index is 424. The predicted molar refractivity (Wildman–Crippen MR) is 78.5 cm³/mol. The molecular formula is C16H24O5. The highest BCUT2D eigenvalue weighted by atomic mass is 16.5. The van der Waals surface area contributed by atoms with Crippen LogP contribution in [0.25, 0.3) is 0 Å². The lowest BCUT2D eigenvalue weighted by Gasteiger charge is -2.21. The SMILES string of the molecule is CC(C)(C)C(=O)OC[C@@H](O)[C@@H](O)COCc1ccccc1. The Kier molecular flexibility index (Phi) is 6.81. The molecule has 0 spiro atoms. The van der Waals surface area contributed by atoms with E-state index in [4.69, 9.17) is 9.47 Å². The molecule has 0 radical (unpaired) electrons. The molecule has 0 bridgehead atoms. The minimum absolute atomic E-state index is 0.0247. The van der Waals surface area contributed by atoms with Gasteiger partial charge in [0, 0.05) is 0 Å². The third kappa shape index (κ3) is 6.71. The van der Waals surface area contributed by atoms with E-state index in [0.29, 0.717) is 6.61 Å². The molecule has 2 N–H and O–H groups in total. The van der Waals surface area contributed by atoms with Crippen molar-refractivity contribution in [2.45, 2.75) is 39.6 Å². The molecule has 21 heavy (non-hydrogen) atoms. The van der Waals surface area contributed by atoms with Gasteiger partial charge in [0.2, 0.25) is 0 Å². The maximum absolute atomic E-state index is 11.5. The molecule has 0 aliphatic heterocycles. The Morgan fingerprint density at radius 2 is 1.67 bits per heavy atom. The standard InChI is InChI=1S/C16H24O5/c1-16(2,3)15(19)21-11-14(18)13(17)10-20-9-12-7-5-4-6-8-12/h4-8,13-14,17-18H,9-11H2,1-3H3/t13-,14+/m0/s1. The highest BCUT2D eigenvalue weighted by molar-refractivity contribution is 5.75. The summed E-state index contributed by atoms with van der Waals surface area (Å²) in [5.41, 5.74) is 0.354. The first-order valence-electron chi connectivity index (χ1n) is 6.95. The van der Waals surface area contributed by atoms with Crippen molar-refractivity contribution >= 4 is 5.97 Å². The molecule has 0 unspecified atom stereocenters. The number of ether oxygens (including phenoxy) is 2. The van der Waals surface area contributed by atoms with Gasteiger partial charge < -0.3 is 19.7 Å². The van der Waals surface area contributed by atoms with E-state index in [1.165, 1.54) is 0 Å². The lowest BCUT2D eigenvalue weighted by atomic mass is 9.97. The second kappa shape index (κ2) is 8.12. The molecule has 1 rings (SSSR count). The van der Waals surface area contributed by atoms with Gasteiger partial charge in [-0.15, -0.1) is 0 Å². The lowest BCUT2D eigenvalue weighted by molar-refractivity contribution is -0.159. The second-order valence-electron chi connectivity index (χ2n) is 5.98. The molecule has 1 aromatic rings. The van der Waals surface area contributed by atoms with Crippen molar-refractivity contribution in [2.75, 3.05) is 13.2 Å². The Morgan fingerprint density at radius 1 is 1.10 bits per heavy atom. The smallest absolute Gasteiger partial charge is 0.311 e. The van der Waals surface area contributed by atoms with Gasteiger partial charge in [-0.3, -0.25) is 4.79 Å². The van der Waals surface area contributed by atoms with Crippen LogP contribution < -0.4 is 0 Å². The van der Waals surface area contributed by atoms with Crippen LogP contribution in [0.15, 0.2) is 30.3 Å². The van der Waals surface area contributed by atoms with Gasteiger partial charge in [-0.1, -0.05) is 30.3 Å². The van der Waals surface area contributed by atoms with E-state index in [1.807, 2.05) is 30.3 Å². The van der Waals surface area contributed by atoms with Crippen molar-refractivity contribution in [3.63, 3.8) is 0 Å². The van der Waals surface area contributed by atoms with E-state index < -0.39 is 23.6 Å². The van der Waals surface area contributed by atoms with Crippen LogP contribution in [-0.4, -0.2) is 41.6 Å². The van der Waals surface area contributed by atoms with Gasteiger partial charge in [-0.05, 0) is 26.3 Å². The normalized spacial score (nSPS) is 14.5. The summed E-state index contributed by atoms with van der Waals surface area (Å²) in [5, 5.41) is 19.5. The molecule has 0 heterocycles. The molecule has 0 aromatic heterocycles. The van der Waals surface area contributed by atoms with Crippen LogP contribution in [0, 0.1) is 5.41 Å². The van der Waals surface area contributed by atoms with Crippen molar-refractivity contribution in [1.29, 1.82) is 0 Å². The molecule has 0 fully saturated rings. The molecule has 5 nitrogen and oxygen atoms in total. The molecule has 1 aromatic carbocycles. The van der Waals surface area contributed by atoms with E-state index in [-0.39, 0.29) is 13.2 Å². The highest BCUT2D eigenvalue weighted by Crippen LogP contribution is 2.15. The van der Waals surface area contributed by atoms with Crippen molar-refractivity contribution in [2.24, 2.45) is 5.41 Å². The maximum Gasteiger partial charge on any atom is 0.311 e. The van der Waals surface area contributed by atoms with Crippen molar-refractivity contribution < 1.29 is 24.5 Å². The first-order valence-corrected chi connectivity index (χ1v) is 6.95. The lowest BCUT2D eigenvalue weighted by Crippen LogP contribution is -2.36. The largest absolute Gasteiger partial charge is 0.462 e. The van der Waals surface area contributed by atoms with E-state index in [1.54, 1.807) is 20.8 Å². The van der Waals surface area contributed by atoms with E-state index in [0.717, 1.165) is 5.56 Å². The Labute approximate surface area is 125 Å². The van der Waals surface area contributed by atoms with Crippen LogP contribution in [0.5, 0.6) is 0 Å². The van der Waals surface area contributed by atoms with Crippen LogP contribution in [0.4, 0.5) is 0 Å². The summed E-state index contributed by atoms with van der Waals surface area (Å²) in [5.74, 6) is -0.418. The fourth-order valence-electron chi connectivity index (χ4n) is 1.47. The average Bonchev–Trinajstić information content (AvgIpc) is 2.44. The summed E-state index contributed by atoms with van der Waals surface area (Å²) in [7, 11) is 0. The van der Waals surface area contributed by atoms with Gasteiger partial charge >= 0.3 is 5.97 Å². The number of benzene rings is 1. The van der Waals surface area contributed by atoms with Crippen LogP contribution in [-0.2, 0) is 20.9 Å². The average molecular weight is 296 g/mol. The molecule has 0 aliphatic rings. The first-order chi connectivity index (χ1) is 9.80. The van der Waals surface area contributed by atoms with Crippen LogP contribution >= 0.6 is 0 Å². The van der Waals surface area contributed by atoms with Crippen LogP contribution in [0.2, 0.25) is 0 Å². The molecular weight excluding hydrogens is 272 g/mol. The summed E-state index contributed by atoms with van der Waals surface area (Å²) in [6, 6.07) is 9.53. The zero-order chi connectivity index (χ0) is 15.9. The fraction of sp³-hybridized carbons (Fsp3) is 0.562. The predicted octanol–water partition coefficient (Wildman–Crippen LogP) is 1.51. The number of aliphatic hydroxyl groups excluding tert-OH is 2. The Balaban J connectivity index is 2.25. The van der Waals surface area contributed by atoms with E-state index in [9.17, 15) is 15.0 Å². The minimum Gasteiger partial charge on any atom is -0.462 e. The van der Waals surface area contributed by atoms with Gasteiger partial charge in [0.15, 0.2) is 0 Å². The van der Waals surface area contributed by atoms with Crippen molar-refractivity contribution in [3.8, 4) is 0 Å². The van der Waals surface area contributed by atoms with E-state index >= 15 is 0 Å².